The number of carbonyl (C=O) groups is 1. The summed E-state index contributed by atoms with van der Waals surface area (Å²) >= 11 is 6.65. The van der Waals surface area contributed by atoms with Gasteiger partial charge in [0.05, 0.1) is 10.0 Å². The topological polar surface area (TPSA) is 37.3 Å². The molecule has 0 heterocycles. The van der Waals surface area contributed by atoms with Crippen LogP contribution in [0.15, 0.2) is 21.1 Å². The van der Waals surface area contributed by atoms with Gasteiger partial charge in [0.15, 0.2) is 5.78 Å². The van der Waals surface area contributed by atoms with E-state index < -0.39 is 0 Å². The zero-order chi connectivity index (χ0) is 12.9. The van der Waals surface area contributed by atoms with E-state index in [1.807, 2.05) is 0 Å². The number of ketones is 1. The number of phenolic OH excluding ortho intramolecular Hbond substituents is 1. The van der Waals surface area contributed by atoms with Crippen LogP contribution >= 0.6 is 31.9 Å². The summed E-state index contributed by atoms with van der Waals surface area (Å²) in [6.07, 6.45) is 4.67. The summed E-state index contributed by atoms with van der Waals surface area (Å²) in [6, 6.07) is 3.49. The van der Waals surface area contributed by atoms with E-state index in [9.17, 15) is 9.90 Å². The monoisotopic (exact) mass is 372 g/mol. The zero-order valence-electron chi connectivity index (χ0n) is 9.83. The molecule has 1 aromatic carbocycles. The highest BCUT2D eigenvalue weighted by molar-refractivity contribution is 9.11. The number of Topliss-reactive ketones (excluding diaryl/α,β-unsaturated/α-hetero) is 1. The molecule has 18 heavy (non-hydrogen) atoms. The van der Waals surface area contributed by atoms with Crippen LogP contribution in [0.1, 0.15) is 36.0 Å². The Morgan fingerprint density at radius 2 is 2.00 bits per heavy atom. The van der Waals surface area contributed by atoms with Crippen LogP contribution in [0.2, 0.25) is 0 Å². The van der Waals surface area contributed by atoms with Crippen LogP contribution in [0.4, 0.5) is 0 Å². The van der Waals surface area contributed by atoms with Gasteiger partial charge in [-0.2, -0.15) is 0 Å². The number of hydrogen-bond donors (Lipinski definition) is 1. The van der Waals surface area contributed by atoms with Crippen molar-refractivity contribution in [2.45, 2.75) is 25.7 Å². The van der Waals surface area contributed by atoms with Crippen molar-refractivity contribution in [3.8, 4) is 5.75 Å². The van der Waals surface area contributed by atoms with Crippen molar-refractivity contribution in [3.63, 3.8) is 0 Å². The first-order valence-electron chi connectivity index (χ1n) is 6.28. The molecule has 2 saturated carbocycles. The van der Waals surface area contributed by atoms with Crippen molar-refractivity contribution in [3.05, 3.63) is 26.6 Å². The molecule has 0 aliphatic heterocycles. The van der Waals surface area contributed by atoms with Crippen LogP contribution in [-0.2, 0) is 0 Å². The second-order valence-corrected chi connectivity index (χ2v) is 7.20. The third-order valence-electron chi connectivity index (χ3n) is 4.37. The summed E-state index contributed by atoms with van der Waals surface area (Å²) in [4.78, 5) is 12.6. The summed E-state index contributed by atoms with van der Waals surface area (Å²) in [7, 11) is 0. The molecule has 4 heteroatoms. The van der Waals surface area contributed by atoms with E-state index in [0.717, 1.165) is 16.8 Å². The van der Waals surface area contributed by atoms with Crippen LogP contribution in [0.5, 0.6) is 5.75 Å². The molecule has 2 nitrogen and oxygen atoms in total. The molecule has 3 rings (SSSR count). The standard InChI is InChI=1S/C14H14Br2O2/c15-9-5-11(14(18)12(16)6-9)13(17)10-4-7-1-2-8(10)3-7/h5-8,10,18H,1-4H2/t7-,8+,10?/m1/s1. The molecule has 2 bridgehead atoms. The van der Waals surface area contributed by atoms with Gasteiger partial charge in [0.25, 0.3) is 0 Å². The van der Waals surface area contributed by atoms with E-state index in [2.05, 4.69) is 31.9 Å². The molecular formula is C14H14Br2O2. The van der Waals surface area contributed by atoms with Gasteiger partial charge in [-0.15, -0.1) is 0 Å². The first-order chi connectivity index (χ1) is 8.56. The molecule has 1 N–H and O–H groups in total. The van der Waals surface area contributed by atoms with E-state index in [-0.39, 0.29) is 17.5 Å². The number of hydrogen-bond acceptors (Lipinski definition) is 2. The van der Waals surface area contributed by atoms with E-state index in [0.29, 0.717) is 16.0 Å². The fraction of sp³-hybridized carbons (Fsp3) is 0.500. The average Bonchev–Trinajstić information content (AvgIpc) is 2.94. The van der Waals surface area contributed by atoms with Crippen LogP contribution in [-0.4, -0.2) is 10.9 Å². The molecule has 2 aliphatic carbocycles. The minimum Gasteiger partial charge on any atom is -0.506 e. The first-order valence-corrected chi connectivity index (χ1v) is 7.87. The van der Waals surface area contributed by atoms with Crippen LogP contribution < -0.4 is 0 Å². The van der Waals surface area contributed by atoms with Gasteiger partial charge in [-0.3, -0.25) is 4.79 Å². The Hall–Kier alpha value is -0.350. The molecule has 2 fully saturated rings. The average molecular weight is 374 g/mol. The van der Waals surface area contributed by atoms with Crippen molar-refractivity contribution in [2.75, 3.05) is 0 Å². The smallest absolute Gasteiger partial charge is 0.170 e. The summed E-state index contributed by atoms with van der Waals surface area (Å²) in [5.74, 6) is 1.59. The SMILES string of the molecule is O=C(c1cc(Br)cc(Br)c1O)C1C[C@@H]2CC[C@H]1C2. The summed E-state index contributed by atoms with van der Waals surface area (Å²) in [5, 5.41) is 10.0. The number of carbonyl (C=O) groups excluding carboxylic acids is 1. The number of fused-ring (bicyclic) bond motifs is 2. The molecule has 0 radical (unpaired) electrons. The number of halogens is 2. The van der Waals surface area contributed by atoms with Crippen molar-refractivity contribution >= 4 is 37.6 Å². The highest BCUT2D eigenvalue weighted by atomic mass is 79.9. The molecule has 0 saturated heterocycles. The van der Waals surface area contributed by atoms with E-state index >= 15 is 0 Å². The highest BCUT2D eigenvalue weighted by Gasteiger charge is 2.43. The van der Waals surface area contributed by atoms with Gasteiger partial charge in [0.2, 0.25) is 0 Å². The summed E-state index contributed by atoms with van der Waals surface area (Å²) in [6.45, 7) is 0. The van der Waals surface area contributed by atoms with E-state index in [1.165, 1.54) is 19.3 Å². The quantitative estimate of drug-likeness (QED) is 0.773. The normalized spacial score (nSPS) is 29.8. The third-order valence-corrected chi connectivity index (χ3v) is 5.43. The zero-order valence-corrected chi connectivity index (χ0v) is 13.0. The minimum absolute atomic E-state index is 0.0750. The third kappa shape index (κ3) is 2.03. The lowest BCUT2D eigenvalue weighted by molar-refractivity contribution is 0.0871. The van der Waals surface area contributed by atoms with Gasteiger partial charge in [-0.25, -0.2) is 0 Å². The number of phenols is 1. The van der Waals surface area contributed by atoms with E-state index in [4.69, 9.17) is 0 Å². The lowest BCUT2D eigenvalue weighted by Crippen LogP contribution is -2.21. The molecule has 1 aromatic rings. The van der Waals surface area contributed by atoms with E-state index in [1.54, 1.807) is 12.1 Å². The Morgan fingerprint density at radius 1 is 1.22 bits per heavy atom. The molecule has 2 aliphatic rings. The van der Waals surface area contributed by atoms with Crippen molar-refractivity contribution in [2.24, 2.45) is 17.8 Å². The Balaban J connectivity index is 1.93. The maximum atomic E-state index is 12.6. The second-order valence-electron chi connectivity index (χ2n) is 5.43. The van der Waals surface area contributed by atoms with Crippen LogP contribution in [0.3, 0.4) is 0 Å². The maximum Gasteiger partial charge on any atom is 0.170 e. The Labute approximate surface area is 123 Å². The van der Waals surface area contributed by atoms with Gasteiger partial charge in [0.1, 0.15) is 5.75 Å². The lowest BCUT2D eigenvalue weighted by Gasteiger charge is -2.21. The van der Waals surface area contributed by atoms with Crippen molar-refractivity contribution < 1.29 is 9.90 Å². The van der Waals surface area contributed by atoms with Gasteiger partial charge in [0, 0.05) is 10.4 Å². The second kappa shape index (κ2) is 4.64. The van der Waals surface area contributed by atoms with Crippen LogP contribution in [0, 0.1) is 17.8 Å². The lowest BCUT2D eigenvalue weighted by atomic mass is 9.83. The number of aromatic hydroxyl groups is 1. The fourth-order valence-corrected chi connectivity index (χ4v) is 4.74. The van der Waals surface area contributed by atoms with Crippen LogP contribution in [0.25, 0.3) is 0 Å². The summed E-state index contributed by atoms with van der Waals surface area (Å²) in [5.41, 5.74) is 0.453. The molecule has 0 spiro atoms. The Morgan fingerprint density at radius 3 is 2.61 bits per heavy atom. The number of benzene rings is 1. The fourth-order valence-electron chi connectivity index (χ4n) is 3.52. The molecule has 0 aromatic heterocycles. The largest absolute Gasteiger partial charge is 0.506 e. The van der Waals surface area contributed by atoms with Crippen molar-refractivity contribution in [1.29, 1.82) is 0 Å². The van der Waals surface area contributed by atoms with Gasteiger partial charge >= 0.3 is 0 Å². The Bertz CT molecular complexity index is 513. The molecular weight excluding hydrogens is 360 g/mol. The first kappa shape index (κ1) is 12.7. The Kier molecular flexibility index (Phi) is 3.27. The van der Waals surface area contributed by atoms with Crippen molar-refractivity contribution in [1.82, 2.24) is 0 Å². The predicted octanol–water partition coefficient (Wildman–Crippen LogP) is 4.54. The molecule has 96 valence electrons. The maximum absolute atomic E-state index is 12.6. The van der Waals surface area contributed by atoms with Gasteiger partial charge in [-0.05, 0) is 59.2 Å². The predicted molar refractivity (Wildman–Crippen MR) is 76.8 cm³/mol. The molecule has 1 unspecified atom stereocenters. The molecule has 3 atom stereocenters. The highest BCUT2D eigenvalue weighted by Crippen LogP contribution is 2.50. The summed E-state index contributed by atoms with van der Waals surface area (Å²) < 4.78 is 1.39. The van der Waals surface area contributed by atoms with Gasteiger partial charge in [-0.1, -0.05) is 22.4 Å². The minimum atomic E-state index is 0.0750. The van der Waals surface area contributed by atoms with Gasteiger partial charge < -0.3 is 5.11 Å². The molecule has 0 amide bonds. The number of rotatable bonds is 2.